The standard InChI is InChI=1S/C5H3ClO4S2.ClH/c6-12(9,10)5-3(4(7)8)1-2-11-5;/h1-2H,(H,7,8);1H. The van der Waals surface area contributed by atoms with Gasteiger partial charge < -0.3 is 5.11 Å². The molecule has 0 radical (unpaired) electrons. The highest BCUT2D eigenvalue weighted by molar-refractivity contribution is 8.15. The van der Waals surface area contributed by atoms with Gasteiger partial charge in [-0.2, -0.15) is 0 Å². The van der Waals surface area contributed by atoms with Crippen molar-refractivity contribution in [2.75, 3.05) is 0 Å². The monoisotopic (exact) mass is 262 g/mol. The Hall–Kier alpha value is -0.300. The Kier molecular flexibility index (Phi) is 4.18. The number of carbonyl (C=O) groups is 1. The van der Waals surface area contributed by atoms with E-state index in [9.17, 15) is 13.2 Å². The predicted molar refractivity (Wildman–Crippen MR) is 51.6 cm³/mol. The van der Waals surface area contributed by atoms with Gasteiger partial charge in [-0.15, -0.1) is 23.7 Å². The Morgan fingerprint density at radius 3 is 2.38 bits per heavy atom. The summed E-state index contributed by atoms with van der Waals surface area (Å²) in [6.45, 7) is 0. The second-order valence-corrected chi connectivity index (χ2v) is 5.54. The van der Waals surface area contributed by atoms with Gasteiger partial charge in [0.15, 0.2) is 0 Å². The van der Waals surface area contributed by atoms with Gasteiger partial charge in [0, 0.05) is 10.7 Å². The van der Waals surface area contributed by atoms with Gasteiger partial charge in [-0.05, 0) is 11.4 Å². The van der Waals surface area contributed by atoms with Crippen molar-refractivity contribution in [3.8, 4) is 0 Å². The average Bonchev–Trinajstić information content (AvgIpc) is 2.30. The fraction of sp³-hybridized carbons (Fsp3) is 0. The summed E-state index contributed by atoms with van der Waals surface area (Å²) in [5, 5.41) is 9.86. The van der Waals surface area contributed by atoms with Crippen LogP contribution in [-0.4, -0.2) is 19.5 Å². The highest BCUT2D eigenvalue weighted by Gasteiger charge is 2.21. The van der Waals surface area contributed by atoms with Crippen molar-refractivity contribution in [2.24, 2.45) is 0 Å². The van der Waals surface area contributed by atoms with Crippen LogP contribution in [0.3, 0.4) is 0 Å². The number of thiophene rings is 1. The summed E-state index contributed by atoms with van der Waals surface area (Å²) in [6.07, 6.45) is 0. The van der Waals surface area contributed by atoms with Crippen LogP contribution in [-0.2, 0) is 9.05 Å². The van der Waals surface area contributed by atoms with Gasteiger partial charge >= 0.3 is 5.97 Å². The minimum absolute atomic E-state index is 0. The van der Waals surface area contributed by atoms with E-state index in [1.165, 1.54) is 11.4 Å². The van der Waals surface area contributed by atoms with E-state index < -0.39 is 15.0 Å². The molecule has 1 aromatic heterocycles. The molecular formula is C5H4Cl2O4S2. The minimum atomic E-state index is -3.93. The highest BCUT2D eigenvalue weighted by Crippen LogP contribution is 2.25. The van der Waals surface area contributed by atoms with Crippen LogP contribution in [0.1, 0.15) is 10.4 Å². The van der Waals surface area contributed by atoms with Crippen molar-refractivity contribution in [2.45, 2.75) is 4.21 Å². The number of halogens is 2. The van der Waals surface area contributed by atoms with Crippen LogP contribution >= 0.6 is 34.4 Å². The third kappa shape index (κ3) is 2.84. The Balaban J connectivity index is 0.00000144. The molecule has 0 saturated heterocycles. The Labute approximate surface area is 89.0 Å². The third-order valence-electron chi connectivity index (χ3n) is 1.08. The zero-order valence-corrected chi connectivity index (χ0v) is 9.13. The second-order valence-electron chi connectivity index (χ2n) is 1.86. The largest absolute Gasteiger partial charge is 0.478 e. The first-order valence-corrected chi connectivity index (χ1v) is 5.87. The second kappa shape index (κ2) is 4.28. The summed E-state index contributed by atoms with van der Waals surface area (Å²) < 4.78 is 21.1. The van der Waals surface area contributed by atoms with Gasteiger partial charge in [-0.1, -0.05) is 0 Å². The lowest BCUT2D eigenvalue weighted by molar-refractivity contribution is 0.0694. The van der Waals surface area contributed by atoms with E-state index in [0.29, 0.717) is 0 Å². The van der Waals surface area contributed by atoms with Crippen LogP contribution in [0.25, 0.3) is 0 Å². The molecule has 1 aromatic rings. The number of aromatic carboxylic acids is 1. The SMILES string of the molecule is Cl.O=C(O)c1ccsc1S(=O)(=O)Cl. The molecule has 1 rings (SSSR count). The van der Waals surface area contributed by atoms with E-state index in [1.807, 2.05) is 0 Å². The lowest BCUT2D eigenvalue weighted by Gasteiger charge is -1.92. The molecule has 1 heterocycles. The smallest absolute Gasteiger partial charge is 0.337 e. The summed E-state index contributed by atoms with van der Waals surface area (Å²) in [5.41, 5.74) is -0.282. The molecule has 0 unspecified atom stereocenters. The van der Waals surface area contributed by atoms with Crippen molar-refractivity contribution in [1.29, 1.82) is 0 Å². The fourth-order valence-electron chi connectivity index (χ4n) is 0.643. The number of carboxylic acids is 1. The normalized spacial score (nSPS) is 10.5. The van der Waals surface area contributed by atoms with Crippen molar-refractivity contribution in [3.05, 3.63) is 17.0 Å². The summed E-state index contributed by atoms with van der Waals surface area (Å²) in [5.74, 6) is -1.30. The molecule has 8 heteroatoms. The highest BCUT2D eigenvalue weighted by atomic mass is 35.7. The molecule has 0 saturated carbocycles. The summed E-state index contributed by atoms with van der Waals surface area (Å²) >= 11 is 0.784. The van der Waals surface area contributed by atoms with E-state index in [1.54, 1.807) is 0 Å². The van der Waals surface area contributed by atoms with Crippen LogP contribution in [0.4, 0.5) is 0 Å². The maximum atomic E-state index is 10.7. The van der Waals surface area contributed by atoms with Crippen LogP contribution in [0.5, 0.6) is 0 Å². The molecule has 0 aliphatic carbocycles. The quantitative estimate of drug-likeness (QED) is 0.826. The minimum Gasteiger partial charge on any atom is -0.478 e. The molecule has 74 valence electrons. The molecule has 0 atom stereocenters. The predicted octanol–water partition coefficient (Wildman–Crippen LogP) is 1.80. The van der Waals surface area contributed by atoms with Crippen molar-refractivity contribution < 1.29 is 18.3 Å². The first-order chi connectivity index (χ1) is 5.43. The van der Waals surface area contributed by atoms with Gasteiger partial charge in [-0.3, -0.25) is 0 Å². The molecule has 4 nitrogen and oxygen atoms in total. The van der Waals surface area contributed by atoms with Crippen molar-refractivity contribution in [3.63, 3.8) is 0 Å². The summed E-state index contributed by atoms with van der Waals surface area (Å²) in [6, 6.07) is 1.20. The zero-order valence-electron chi connectivity index (χ0n) is 5.93. The molecule has 0 fully saturated rings. The van der Waals surface area contributed by atoms with Crippen LogP contribution in [0.15, 0.2) is 15.7 Å². The van der Waals surface area contributed by atoms with Gasteiger partial charge in [0.1, 0.15) is 4.21 Å². The van der Waals surface area contributed by atoms with Crippen molar-refractivity contribution >= 4 is 49.4 Å². The average molecular weight is 263 g/mol. The first kappa shape index (κ1) is 12.7. The van der Waals surface area contributed by atoms with Gasteiger partial charge in [-0.25, -0.2) is 13.2 Å². The summed E-state index contributed by atoms with van der Waals surface area (Å²) in [7, 11) is 1.04. The first-order valence-electron chi connectivity index (χ1n) is 2.68. The van der Waals surface area contributed by atoms with Crippen LogP contribution in [0, 0.1) is 0 Å². The van der Waals surface area contributed by atoms with E-state index in [-0.39, 0.29) is 22.2 Å². The third-order valence-corrected chi connectivity index (χ3v) is 4.13. The van der Waals surface area contributed by atoms with Crippen LogP contribution < -0.4 is 0 Å². The van der Waals surface area contributed by atoms with Crippen LogP contribution in [0.2, 0.25) is 0 Å². The Morgan fingerprint density at radius 2 is 2.08 bits per heavy atom. The number of hydrogen-bond acceptors (Lipinski definition) is 4. The van der Waals surface area contributed by atoms with E-state index in [0.717, 1.165) is 11.3 Å². The maximum absolute atomic E-state index is 10.7. The zero-order chi connectivity index (χ0) is 9.35. The number of rotatable bonds is 2. The molecule has 0 amide bonds. The molecule has 1 N–H and O–H groups in total. The van der Waals surface area contributed by atoms with Gasteiger partial charge in [0.2, 0.25) is 0 Å². The number of carboxylic acid groups (broad SMARTS) is 1. The Morgan fingerprint density at radius 1 is 1.54 bits per heavy atom. The molecule has 0 aliphatic heterocycles. The Bertz CT molecular complexity index is 408. The topological polar surface area (TPSA) is 71.4 Å². The summed E-state index contributed by atoms with van der Waals surface area (Å²) in [4.78, 5) is 10.4. The molecular weight excluding hydrogens is 259 g/mol. The molecule has 0 spiro atoms. The lowest BCUT2D eigenvalue weighted by Crippen LogP contribution is -2.00. The van der Waals surface area contributed by atoms with Gasteiger partial charge in [0.25, 0.3) is 9.05 Å². The molecule has 0 bridgehead atoms. The van der Waals surface area contributed by atoms with Gasteiger partial charge in [0.05, 0.1) is 5.56 Å². The van der Waals surface area contributed by atoms with E-state index in [2.05, 4.69) is 0 Å². The lowest BCUT2D eigenvalue weighted by atomic mass is 10.4. The number of hydrogen-bond donors (Lipinski definition) is 1. The van der Waals surface area contributed by atoms with E-state index >= 15 is 0 Å². The fourth-order valence-corrected chi connectivity index (χ4v) is 2.87. The molecule has 0 aliphatic rings. The van der Waals surface area contributed by atoms with E-state index in [4.69, 9.17) is 15.8 Å². The molecule has 13 heavy (non-hydrogen) atoms. The molecule has 0 aromatic carbocycles. The maximum Gasteiger partial charge on any atom is 0.337 e. The van der Waals surface area contributed by atoms with Crippen molar-refractivity contribution in [1.82, 2.24) is 0 Å².